The lowest BCUT2D eigenvalue weighted by Crippen LogP contribution is -2.52. The van der Waals surface area contributed by atoms with Gasteiger partial charge in [-0.1, -0.05) is 0 Å². The molecular formula is C16H30N4O2. The molecule has 22 heavy (non-hydrogen) atoms. The van der Waals surface area contributed by atoms with E-state index in [-0.39, 0.29) is 12.1 Å². The first kappa shape index (κ1) is 16.0. The first-order valence-corrected chi connectivity index (χ1v) is 8.71. The molecule has 3 rings (SSSR count). The molecule has 126 valence electrons. The number of rotatable bonds is 2. The lowest BCUT2D eigenvalue weighted by molar-refractivity contribution is 0.0276. The SMILES string of the molecule is CN1CCC2(CC1)CCN(C(=O)NCC1CNCCO1)CC2. The van der Waals surface area contributed by atoms with E-state index in [1.54, 1.807) is 0 Å². The second-order valence-corrected chi connectivity index (χ2v) is 7.17. The Kier molecular flexibility index (Phi) is 5.21. The fourth-order valence-electron chi connectivity index (χ4n) is 3.84. The van der Waals surface area contributed by atoms with Gasteiger partial charge in [-0.15, -0.1) is 0 Å². The summed E-state index contributed by atoms with van der Waals surface area (Å²) in [7, 11) is 2.21. The van der Waals surface area contributed by atoms with Crippen LogP contribution in [0.15, 0.2) is 0 Å². The van der Waals surface area contributed by atoms with Crippen molar-refractivity contribution in [3.05, 3.63) is 0 Å². The van der Waals surface area contributed by atoms with Crippen molar-refractivity contribution in [3.8, 4) is 0 Å². The van der Waals surface area contributed by atoms with Crippen LogP contribution in [0.5, 0.6) is 0 Å². The van der Waals surface area contributed by atoms with E-state index in [0.717, 1.165) is 45.6 Å². The number of nitrogens with zero attached hydrogens (tertiary/aromatic N) is 2. The molecule has 2 N–H and O–H groups in total. The summed E-state index contributed by atoms with van der Waals surface area (Å²) in [5.41, 5.74) is 0.500. The van der Waals surface area contributed by atoms with E-state index in [0.29, 0.717) is 12.0 Å². The Morgan fingerprint density at radius 1 is 1.23 bits per heavy atom. The van der Waals surface area contributed by atoms with Crippen LogP contribution in [0.1, 0.15) is 25.7 Å². The Bertz CT molecular complexity index is 366. The topological polar surface area (TPSA) is 56.8 Å². The molecule has 6 heteroatoms. The van der Waals surface area contributed by atoms with Gasteiger partial charge in [0, 0.05) is 32.7 Å². The third kappa shape index (κ3) is 3.91. The maximum absolute atomic E-state index is 12.3. The molecule has 3 heterocycles. The van der Waals surface area contributed by atoms with Crippen molar-refractivity contribution in [1.29, 1.82) is 0 Å². The summed E-state index contributed by atoms with van der Waals surface area (Å²) in [4.78, 5) is 16.7. The van der Waals surface area contributed by atoms with E-state index in [2.05, 4.69) is 22.6 Å². The van der Waals surface area contributed by atoms with Crippen molar-refractivity contribution in [2.45, 2.75) is 31.8 Å². The molecule has 3 aliphatic rings. The molecule has 3 aliphatic heterocycles. The minimum Gasteiger partial charge on any atom is -0.374 e. The molecule has 0 aromatic carbocycles. The number of morpholine rings is 1. The van der Waals surface area contributed by atoms with Crippen LogP contribution < -0.4 is 10.6 Å². The van der Waals surface area contributed by atoms with E-state index < -0.39 is 0 Å². The average molecular weight is 310 g/mol. The number of carbonyl (C=O) groups excluding carboxylic acids is 1. The Morgan fingerprint density at radius 3 is 2.55 bits per heavy atom. The molecule has 6 nitrogen and oxygen atoms in total. The van der Waals surface area contributed by atoms with E-state index in [4.69, 9.17) is 4.74 Å². The number of nitrogens with one attached hydrogen (secondary N) is 2. The van der Waals surface area contributed by atoms with E-state index in [1.165, 1.54) is 25.9 Å². The standard InChI is InChI=1S/C16H30N4O2/c1-19-7-2-16(3-8-19)4-9-20(10-5-16)15(21)18-13-14-12-17-6-11-22-14/h14,17H,2-13H2,1H3,(H,18,21). The van der Waals surface area contributed by atoms with Gasteiger partial charge in [0.15, 0.2) is 0 Å². The van der Waals surface area contributed by atoms with Crippen LogP contribution in [0.3, 0.4) is 0 Å². The lowest BCUT2D eigenvalue weighted by atomic mass is 9.71. The summed E-state index contributed by atoms with van der Waals surface area (Å²) < 4.78 is 5.62. The lowest BCUT2D eigenvalue weighted by Gasteiger charge is -2.46. The van der Waals surface area contributed by atoms with Gasteiger partial charge in [-0.05, 0) is 51.2 Å². The van der Waals surface area contributed by atoms with Crippen molar-refractivity contribution in [2.75, 3.05) is 59.5 Å². The van der Waals surface area contributed by atoms with Gasteiger partial charge in [0.1, 0.15) is 0 Å². The number of carbonyl (C=O) groups is 1. The number of amides is 2. The zero-order valence-corrected chi connectivity index (χ0v) is 13.8. The highest BCUT2D eigenvalue weighted by Crippen LogP contribution is 2.40. The summed E-state index contributed by atoms with van der Waals surface area (Å²) in [5, 5.41) is 6.32. The van der Waals surface area contributed by atoms with Crippen LogP contribution in [0.25, 0.3) is 0 Å². The summed E-state index contributed by atoms with van der Waals surface area (Å²) in [6.45, 7) is 7.30. The van der Waals surface area contributed by atoms with E-state index >= 15 is 0 Å². The molecule has 3 saturated heterocycles. The minimum atomic E-state index is 0.0805. The maximum Gasteiger partial charge on any atom is 0.317 e. The predicted molar refractivity (Wildman–Crippen MR) is 86.0 cm³/mol. The second-order valence-electron chi connectivity index (χ2n) is 7.17. The second kappa shape index (κ2) is 7.15. The van der Waals surface area contributed by atoms with Gasteiger partial charge < -0.3 is 25.2 Å². The molecule has 1 atom stereocenters. The molecule has 0 aliphatic carbocycles. The molecule has 1 spiro atoms. The van der Waals surface area contributed by atoms with Gasteiger partial charge in [0.25, 0.3) is 0 Å². The van der Waals surface area contributed by atoms with Gasteiger partial charge in [-0.2, -0.15) is 0 Å². The van der Waals surface area contributed by atoms with Gasteiger partial charge in [-0.25, -0.2) is 4.79 Å². The highest BCUT2D eigenvalue weighted by molar-refractivity contribution is 5.74. The Morgan fingerprint density at radius 2 is 1.91 bits per heavy atom. The average Bonchev–Trinajstić information content (AvgIpc) is 2.57. The number of urea groups is 1. The third-order valence-electron chi connectivity index (χ3n) is 5.64. The van der Waals surface area contributed by atoms with Crippen molar-refractivity contribution >= 4 is 6.03 Å². The molecule has 0 saturated carbocycles. The number of piperidine rings is 2. The third-order valence-corrected chi connectivity index (χ3v) is 5.64. The summed E-state index contributed by atoms with van der Waals surface area (Å²) in [6, 6.07) is 0.0805. The molecular weight excluding hydrogens is 280 g/mol. The van der Waals surface area contributed by atoms with Gasteiger partial charge in [-0.3, -0.25) is 0 Å². The number of likely N-dealkylation sites (tertiary alicyclic amines) is 2. The Hall–Kier alpha value is -0.850. The zero-order chi connectivity index (χ0) is 15.4. The van der Waals surface area contributed by atoms with Crippen LogP contribution in [-0.2, 0) is 4.74 Å². The first-order valence-electron chi connectivity index (χ1n) is 8.71. The van der Waals surface area contributed by atoms with Crippen molar-refractivity contribution < 1.29 is 9.53 Å². The summed E-state index contributed by atoms with van der Waals surface area (Å²) >= 11 is 0. The van der Waals surface area contributed by atoms with Crippen molar-refractivity contribution in [1.82, 2.24) is 20.4 Å². The van der Waals surface area contributed by atoms with Crippen molar-refractivity contribution in [3.63, 3.8) is 0 Å². The fraction of sp³-hybridized carbons (Fsp3) is 0.938. The van der Waals surface area contributed by atoms with E-state index in [9.17, 15) is 4.79 Å². The molecule has 0 bridgehead atoms. The van der Waals surface area contributed by atoms with Crippen LogP contribution in [0.2, 0.25) is 0 Å². The largest absolute Gasteiger partial charge is 0.374 e. The van der Waals surface area contributed by atoms with Gasteiger partial charge in [0.2, 0.25) is 0 Å². The highest BCUT2D eigenvalue weighted by atomic mass is 16.5. The van der Waals surface area contributed by atoms with Crippen LogP contribution in [-0.4, -0.2) is 81.4 Å². The highest BCUT2D eigenvalue weighted by Gasteiger charge is 2.37. The molecule has 0 aromatic heterocycles. The Balaban J connectivity index is 1.40. The van der Waals surface area contributed by atoms with Crippen molar-refractivity contribution in [2.24, 2.45) is 5.41 Å². The van der Waals surface area contributed by atoms with Gasteiger partial charge in [0.05, 0.1) is 12.7 Å². The minimum absolute atomic E-state index is 0.0805. The fourth-order valence-corrected chi connectivity index (χ4v) is 3.84. The van der Waals surface area contributed by atoms with Crippen LogP contribution in [0, 0.1) is 5.41 Å². The normalized spacial score (nSPS) is 29.5. The van der Waals surface area contributed by atoms with Crippen LogP contribution in [0.4, 0.5) is 4.79 Å². The number of hydrogen-bond acceptors (Lipinski definition) is 4. The quantitative estimate of drug-likeness (QED) is 0.779. The van der Waals surface area contributed by atoms with E-state index in [1.807, 2.05) is 4.90 Å². The molecule has 0 aromatic rings. The maximum atomic E-state index is 12.3. The predicted octanol–water partition coefficient (Wildman–Crippen LogP) is 0.492. The van der Waals surface area contributed by atoms with Crippen LogP contribution >= 0.6 is 0 Å². The molecule has 3 fully saturated rings. The Labute approximate surface area is 133 Å². The molecule has 1 unspecified atom stereocenters. The number of hydrogen-bond donors (Lipinski definition) is 2. The summed E-state index contributed by atoms with van der Waals surface area (Å²) in [5.74, 6) is 0. The monoisotopic (exact) mass is 310 g/mol. The smallest absolute Gasteiger partial charge is 0.317 e. The zero-order valence-electron chi connectivity index (χ0n) is 13.8. The number of ether oxygens (including phenoxy) is 1. The molecule has 2 amide bonds. The molecule has 0 radical (unpaired) electrons. The van der Waals surface area contributed by atoms with Gasteiger partial charge >= 0.3 is 6.03 Å². The summed E-state index contributed by atoms with van der Waals surface area (Å²) in [6.07, 6.45) is 5.02. The first-order chi connectivity index (χ1) is 10.7.